The molecule has 7 heteroatoms. The first-order chi connectivity index (χ1) is 12.1. The van der Waals surface area contributed by atoms with Crippen LogP contribution in [0.4, 0.5) is 5.69 Å². The number of rotatable bonds is 3. The summed E-state index contributed by atoms with van der Waals surface area (Å²) in [5, 5.41) is 9.27. The van der Waals surface area contributed by atoms with Crippen molar-refractivity contribution in [1.29, 1.82) is 5.26 Å². The fourth-order valence-electron chi connectivity index (χ4n) is 3.21. The molecule has 1 saturated heterocycles. The fourth-order valence-corrected chi connectivity index (χ4v) is 3.41. The highest BCUT2D eigenvalue weighted by Crippen LogP contribution is 2.34. The number of thiocarbonyl (C=S) groups is 1. The summed E-state index contributed by atoms with van der Waals surface area (Å²) in [4.78, 5) is 4.68. The molecule has 0 amide bonds. The first kappa shape index (κ1) is 17.4. The zero-order chi connectivity index (χ0) is 17.8. The number of ether oxygens (including phenoxy) is 2. The minimum atomic E-state index is 0.160. The molecular formula is C18H22N4O2S. The van der Waals surface area contributed by atoms with Gasteiger partial charge in [-0.25, -0.2) is 0 Å². The van der Waals surface area contributed by atoms with E-state index < -0.39 is 0 Å². The molecule has 0 spiro atoms. The Hall–Kier alpha value is -2.46. The van der Waals surface area contributed by atoms with Gasteiger partial charge in [0, 0.05) is 43.6 Å². The van der Waals surface area contributed by atoms with E-state index in [2.05, 4.69) is 21.9 Å². The van der Waals surface area contributed by atoms with E-state index in [1.807, 2.05) is 19.1 Å². The number of fused-ring (bicyclic) bond motifs is 1. The van der Waals surface area contributed by atoms with Gasteiger partial charge in [-0.2, -0.15) is 5.26 Å². The predicted octanol–water partition coefficient (Wildman–Crippen LogP) is 2.05. The fraction of sp³-hybridized carbons (Fsp3) is 0.444. The monoisotopic (exact) mass is 358 g/mol. The van der Waals surface area contributed by atoms with Gasteiger partial charge in [0.25, 0.3) is 0 Å². The second-order valence-electron chi connectivity index (χ2n) is 6.09. The third-order valence-corrected chi connectivity index (χ3v) is 4.79. The second kappa shape index (κ2) is 7.62. The van der Waals surface area contributed by atoms with Crippen LogP contribution in [0.2, 0.25) is 0 Å². The van der Waals surface area contributed by atoms with Crippen LogP contribution < -0.4 is 20.1 Å². The van der Waals surface area contributed by atoms with E-state index in [1.54, 1.807) is 0 Å². The number of hydrogen-bond donors (Lipinski definition) is 1. The van der Waals surface area contributed by atoms with Gasteiger partial charge in [0.05, 0.1) is 0 Å². The van der Waals surface area contributed by atoms with Gasteiger partial charge in [-0.15, -0.1) is 0 Å². The summed E-state index contributed by atoms with van der Waals surface area (Å²) in [6.07, 6.45) is 0.988. The molecule has 3 rings (SSSR count). The predicted molar refractivity (Wildman–Crippen MR) is 101 cm³/mol. The van der Waals surface area contributed by atoms with E-state index in [4.69, 9.17) is 27.4 Å². The van der Waals surface area contributed by atoms with Crippen LogP contribution in [0.25, 0.3) is 0 Å². The molecule has 2 heterocycles. The summed E-state index contributed by atoms with van der Waals surface area (Å²) in [6.45, 7) is 6.59. The molecule has 1 aromatic rings. The van der Waals surface area contributed by atoms with Crippen molar-refractivity contribution in [3.05, 3.63) is 29.5 Å². The maximum absolute atomic E-state index is 9.27. The van der Waals surface area contributed by atoms with Crippen molar-refractivity contribution >= 4 is 22.9 Å². The van der Waals surface area contributed by atoms with Crippen molar-refractivity contribution in [2.24, 2.45) is 5.73 Å². The maximum atomic E-state index is 9.27. The average Bonchev–Trinajstić information content (AvgIpc) is 2.87. The number of benzene rings is 1. The molecule has 2 aliphatic heterocycles. The van der Waals surface area contributed by atoms with Crippen molar-refractivity contribution in [2.45, 2.75) is 13.3 Å². The highest BCUT2D eigenvalue weighted by Gasteiger charge is 2.20. The van der Waals surface area contributed by atoms with Crippen LogP contribution in [0.1, 0.15) is 13.3 Å². The zero-order valence-corrected chi connectivity index (χ0v) is 15.1. The lowest BCUT2D eigenvalue weighted by molar-refractivity contribution is 0.171. The summed E-state index contributed by atoms with van der Waals surface area (Å²) in [7, 11) is 0. The van der Waals surface area contributed by atoms with Crippen LogP contribution in [0.15, 0.2) is 29.5 Å². The summed E-state index contributed by atoms with van der Waals surface area (Å²) in [5.74, 6) is 1.61. The van der Waals surface area contributed by atoms with Crippen LogP contribution in [0.5, 0.6) is 11.5 Å². The molecule has 1 fully saturated rings. The van der Waals surface area contributed by atoms with Crippen molar-refractivity contribution in [1.82, 2.24) is 4.90 Å². The molecule has 132 valence electrons. The molecule has 0 atom stereocenters. The van der Waals surface area contributed by atoms with Gasteiger partial charge in [-0.3, -0.25) is 0 Å². The average molecular weight is 358 g/mol. The number of allylic oxidation sites excluding steroid dienone is 1. The number of nitrogens with zero attached hydrogens (tertiary/aromatic N) is 3. The van der Waals surface area contributed by atoms with E-state index >= 15 is 0 Å². The molecule has 0 radical (unpaired) electrons. The molecule has 2 N–H and O–H groups in total. The number of hydrogen-bond acceptors (Lipinski definition) is 6. The maximum Gasteiger partial charge on any atom is 0.163 e. The van der Waals surface area contributed by atoms with Gasteiger partial charge >= 0.3 is 0 Å². The Kier molecular flexibility index (Phi) is 5.29. The van der Waals surface area contributed by atoms with Crippen molar-refractivity contribution in [3.63, 3.8) is 0 Å². The summed E-state index contributed by atoms with van der Waals surface area (Å²) >= 11 is 4.99. The van der Waals surface area contributed by atoms with Crippen LogP contribution in [-0.2, 0) is 0 Å². The first-order valence-corrected chi connectivity index (χ1v) is 8.81. The molecule has 0 bridgehead atoms. The minimum Gasteiger partial charge on any atom is -0.486 e. The highest BCUT2D eigenvalue weighted by molar-refractivity contribution is 7.80. The summed E-state index contributed by atoms with van der Waals surface area (Å²) < 4.78 is 11.3. The first-order valence-electron chi connectivity index (χ1n) is 8.40. The van der Waals surface area contributed by atoms with Gasteiger partial charge in [0.1, 0.15) is 29.8 Å². The normalized spacial score (nSPS) is 18.1. The van der Waals surface area contributed by atoms with Crippen molar-refractivity contribution < 1.29 is 9.47 Å². The molecule has 6 nitrogen and oxygen atoms in total. The molecule has 0 aliphatic carbocycles. The van der Waals surface area contributed by atoms with E-state index in [1.165, 1.54) is 0 Å². The Bertz CT molecular complexity index is 741. The highest BCUT2D eigenvalue weighted by atomic mass is 32.1. The van der Waals surface area contributed by atoms with E-state index in [0.29, 0.717) is 18.8 Å². The van der Waals surface area contributed by atoms with Gasteiger partial charge in [0.15, 0.2) is 11.5 Å². The lowest BCUT2D eigenvalue weighted by atomic mass is 10.2. The minimum absolute atomic E-state index is 0.160. The molecule has 0 unspecified atom stereocenters. The third-order valence-electron chi connectivity index (χ3n) is 4.58. The standard InChI is InChI=1S/C18H22N4O2S/c1-13(15(12-19)18(20)25)21-5-2-6-22(8-7-21)14-3-4-16-17(11-14)24-10-9-23-16/h3-4,11H,2,5-10H2,1H3,(H2,20,25). The van der Waals surface area contributed by atoms with Crippen LogP contribution in [-0.4, -0.2) is 49.3 Å². The smallest absolute Gasteiger partial charge is 0.163 e. The summed E-state index contributed by atoms with van der Waals surface area (Å²) in [5.41, 5.74) is 8.06. The molecule has 2 aliphatic rings. The number of nitriles is 1. The third kappa shape index (κ3) is 3.80. The van der Waals surface area contributed by atoms with E-state index in [9.17, 15) is 5.26 Å². The van der Waals surface area contributed by atoms with Gasteiger partial charge < -0.3 is 25.0 Å². The topological polar surface area (TPSA) is 74.8 Å². The Morgan fingerprint density at radius 2 is 1.92 bits per heavy atom. The van der Waals surface area contributed by atoms with Crippen molar-refractivity contribution in [2.75, 3.05) is 44.3 Å². The van der Waals surface area contributed by atoms with Gasteiger partial charge in [-0.1, -0.05) is 12.2 Å². The molecule has 1 aromatic carbocycles. The second-order valence-corrected chi connectivity index (χ2v) is 6.53. The largest absolute Gasteiger partial charge is 0.486 e. The van der Waals surface area contributed by atoms with Gasteiger partial charge in [-0.05, 0) is 25.5 Å². The van der Waals surface area contributed by atoms with Crippen LogP contribution in [0, 0.1) is 11.3 Å². The lowest BCUT2D eigenvalue weighted by Gasteiger charge is -2.27. The number of anilines is 1. The van der Waals surface area contributed by atoms with Gasteiger partial charge in [0.2, 0.25) is 0 Å². The quantitative estimate of drug-likeness (QED) is 0.503. The molecule has 0 aromatic heterocycles. The Labute approximate surface area is 153 Å². The Balaban J connectivity index is 1.74. The SMILES string of the molecule is CC(=C(C#N)C(N)=S)N1CCCN(c2ccc3c(c2)OCCO3)CC1. The van der Waals surface area contributed by atoms with E-state index in [-0.39, 0.29) is 4.99 Å². The molecule has 0 saturated carbocycles. The lowest BCUT2D eigenvalue weighted by Crippen LogP contribution is -2.31. The van der Waals surface area contributed by atoms with Crippen LogP contribution in [0.3, 0.4) is 0 Å². The van der Waals surface area contributed by atoms with Crippen LogP contribution >= 0.6 is 12.2 Å². The van der Waals surface area contributed by atoms with Crippen molar-refractivity contribution in [3.8, 4) is 17.6 Å². The zero-order valence-electron chi connectivity index (χ0n) is 14.3. The summed E-state index contributed by atoms with van der Waals surface area (Å²) in [6, 6.07) is 8.21. The molecule has 25 heavy (non-hydrogen) atoms. The number of nitrogens with two attached hydrogens (primary N) is 1. The van der Waals surface area contributed by atoms with E-state index in [0.717, 1.165) is 55.5 Å². The Morgan fingerprint density at radius 1 is 1.16 bits per heavy atom. The Morgan fingerprint density at radius 3 is 2.64 bits per heavy atom. The molecular weight excluding hydrogens is 336 g/mol.